The third-order valence-electron chi connectivity index (χ3n) is 2.26. The van der Waals surface area contributed by atoms with Gasteiger partial charge in [-0.15, -0.1) is 0 Å². The minimum Gasteiger partial charge on any atom is -0.465 e. The summed E-state index contributed by atoms with van der Waals surface area (Å²) in [4.78, 5) is 22.8. The van der Waals surface area contributed by atoms with Gasteiger partial charge in [-0.1, -0.05) is 0 Å². The number of carbonyl (C=O) groups is 2. The van der Waals surface area contributed by atoms with Crippen molar-refractivity contribution in [3.05, 3.63) is 29.8 Å². The van der Waals surface area contributed by atoms with Crippen molar-refractivity contribution in [3.63, 3.8) is 0 Å². The van der Waals surface area contributed by atoms with E-state index in [2.05, 4.69) is 10.1 Å². The molecule has 0 radical (unpaired) electrons. The minimum absolute atomic E-state index is 0.145. The average molecular weight is 252 g/mol. The van der Waals surface area contributed by atoms with E-state index in [1.807, 2.05) is 0 Å². The number of hydrogen-bond donors (Lipinski definition) is 2. The fourth-order valence-electron chi connectivity index (χ4n) is 1.30. The first-order chi connectivity index (χ1) is 8.58. The van der Waals surface area contributed by atoms with E-state index in [4.69, 9.17) is 10.5 Å². The lowest BCUT2D eigenvalue weighted by atomic mass is 10.2. The van der Waals surface area contributed by atoms with Crippen LogP contribution in [0.15, 0.2) is 24.3 Å². The highest BCUT2D eigenvalue weighted by Crippen LogP contribution is 2.10. The molecule has 1 atom stereocenters. The van der Waals surface area contributed by atoms with Crippen LogP contribution in [-0.4, -0.2) is 38.7 Å². The monoisotopic (exact) mass is 252 g/mol. The molecule has 0 fully saturated rings. The van der Waals surface area contributed by atoms with Crippen LogP contribution >= 0.6 is 0 Å². The van der Waals surface area contributed by atoms with E-state index < -0.39 is 12.0 Å². The Morgan fingerprint density at radius 1 is 1.28 bits per heavy atom. The Hall–Kier alpha value is -1.92. The Labute approximate surface area is 105 Å². The molecule has 0 saturated carbocycles. The van der Waals surface area contributed by atoms with Gasteiger partial charge < -0.3 is 20.5 Å². The molecular formula is C12H16N2O4. The Morgan fingerprint density at radius 2 is 1.89 bits per heavy atom. The summed E-state index contributed by atoms with van der Waals surface area (Å²) in [6, 6.07) is 5.59. The fraction of sp³-hybridized carbons (Fsp3) is 0.333. The van der Waals surface area contributed by atoms with E-state index in [-0.39, 0.29) is 12.5 Å². The summed E-state index contributed by atoms with van der Waals surface area (Å²) < 4.78 is 9.35. The van der Waals surface area contributed by atoms with E-state index >= 15 is 0 Å². The van der Waals surface area contributed by atoms with Crippen LogP contribution < -0.4 is 11.1 Å². The molecule has 6 nitrogen and oxygen atoms in total. The standard InChI is InChI=1S/C12H16N2O4/c1-17-7-10(13)11(15)14-9-5-3-8(4-6-9)12(16)18-2/h3-6,10H,7,13H2,1-2H3,(H,14,15). The molecule has 0 bridgehead atoms. The van der Waals surface area contributed by atoms with Crippen LogP contribution in [0.5, 0.6) is 0 Å². The molecule has 1 aromatic carbocycles. The van der Waals surface area contributed by atoms with Crippen LogP contribution in [-0.2, 0) is 14.3 Å². The van der Waals surface area contributed by atoms with Gasteiger partial charge in [0.1, 0.15) is 6.04 Å². The summed E-state index contributed by atoms with van der Waals surface area (Å²) in [5, 5.41) is 2.61. The van der Waals surface area contributed by atoms with E-state index in [0.29, 0.717) is 11.3 Å². The first kappa shape index (κ1) is 14.1. The van der Waals surface area contributed by atoms with Crippen molar-refractivity contribution < 1.29 is 19.1 Å². The van der Waals surface area contributed by atoms with Crippen LogP contribution in [0.4, 0.5) is 5.69 Å². The first-order valence-electron chi connectivity index (χ1n) is 5.32. The number of nitrogens with one attached hydrogen (secondary N) is 1. The van der Waals surface area contributed by atoms with Crippen molar-refractivity contribution in [1.29, 1.82) is 0 Å². The molecule has 1 aromatic rings. The number of ether oxygens (including phenoxy) is 2. The summed E-state index contributed by atoms with van der Waals surface area (Å²) in [5.41, 5.74) is 6.53. The zero-order valence-electron chi connectivity index (χ0n) is 10.3. The summed E-state index contributed by atoms with van der Waals surface area (Å²) in [5.74, 6) is -0.772. The Balaban J connectivity index is 2.63. The van der Waals surface area contributed by atoms with Gasteiger partial charge in [0, 0.05) is 12.8 Å². The van der Waals surface area contributed by atoms with Crippen molar-refractivity contribution >= 4 is 17.6 Å². The molecule has 0 aliphatic heterocycles. The maximum Gasteiger partial charge on any atom is 0.337 e. The predicted molar refractivity (Wildman–Crippen MR) is 66.3 cm³/mol. The second kappa shape index (κ2) is 6.73. The highest BCUT2D eigenvalue weighted by atomic mass is 16.5. The Kier molecular flexibility index (Phi) is 5.29. The van der Waals surface area contributed by atoms with Crippen molar-refractivity contribution in [2.24, 2.45) is 5.73 Å². The van der Waals surface area contributed by atoms with E-state index in [1.54, 1.807) is 24.3 Å². The van der Waals surface area contributed by atoms with Crippen molar-refractivity contribution in [3.8, 4) is 0 Å². The molecule has 1 unspecified atom stereocenters. The van der Waals surface area contributed by atoms with Crippen LogP contribution in [0.3, 0.4) is 0 Å². The molecule has 0 saturated heterocycles. The van der Waals surface area contributed by atoms with Gasteiger partial charge >= 0.3 is 5.97 Å². The highest BCUT2D eigenvalue weighted by Gasteiger charge is 2.13. The number of anilines is 1. The largest absolute Gasteiger partial charge is 0.465 e. The second-order valence-electron chi connectivity index (χ2n) is 3.62. The SMILES string of the molecule is COCC(N)C(=O)Nc1ccc(C(=O)OC)cc1. The fourth-order valence-corrected chi connectivity index (χ4v) is 1.30. The minimum atomic E-state index is -0.727. The number of esters is 1. The van der Waals surface area contributed by atoms with Crippen LogP contribution in [0.1, 0.15) is 10.4 Å². The quantitative estimate of drug-likeness (QED) is 0.739. The van der Waals surface area contributed by atoms with Crippen molar-refractivity contribution in [2.45, 2.75) is 6.04 Å². The summed E-state index contributed by atoms with van der Waals surface area (Å²) >= 11 is 0. The molecule has 0 spiro atoms. The van der Waals surface area contributed by atoms with Crippen LogP contribution in [0.25, 0.3) is 0 Å². The lowest BCUT2D eigenvalue weighted by Gasteiger charge is -2.11. The molecule has 0 aromatic heterocycles. The molecule has 0 aliphatic carbocycles. The lowest BCUT2D eigenvalue weighted by molar-refractivity contribution is -0.118. The van der Waals surface area contributed by atoms with E-state index in [9.17, 15) is 9.59 Å². The highest BCUT2D eigenvalue weighted by molar-refractivity contribution is 5.95. The van der Waals surface area contributed by atoms with E-state index in [1.165, 1.54) is 14.2 Å². The van der Waals surface area contributed by atoms with Gasteiger partial charge in [-0.2, -0.15) is 0 Å². The molecule has 1 amide bonds. The summed E-state index contributed by atoms with van der Waals surface area (Å²) in [6.45, 7) is 0.145. The first-order valence-corrected chi connectivity index (χ1v) is 5.32. The third kappa shape index (κ3) is 3.83. The number of methoxy groups -OCH3 is 2. The summed E-state index contributed by atoms with van der Waals surface area (Å²) in [7, 11) is 2.78. The zero-order chi connectivity index (χ0) is 13.5. The van der Waals surface area contributed by atoms with Crippen molar-refractivity contribution in [2.75, 3.05) is 26.1 Å². The summed E-state index contributed by atoms with van der Waals surface area (Å²) in [6.07, 6.45) is 0. The van der Waals surface area contributed by atoms with Crippen LogP contribution in [0.2, 0.25) is 0 Å². The number of hydrogen-bond acceptors (Lipinski definition) is 5. The molecule has 1 rings (SSSR count). The zero-order valence-corrected chi connectivity index (χ0v) is 10.3. The maximum atomic E-state index is 11.6. The molecule has 0 aliphatic rings. The van der Waals surface area contributed by atoms with Gasteiger partial charge in [-0.3, -0.25) is 4.79 Å². The number of nitrogens with two attached hydrogens (primary N) is 1. The van der Waals surface area contributed by atoms with Gasteiger partial charge in [0.2, 0.25) is 5.91 Å². The van der Waals surface area contributed by atoms with Gasteiger partial charge in [0.15, 0.2) is 0 Å². The third-order valence-corrected chi connectivity index (χ3v) is 2.26. The number of benzene rings is 1. The molecular weight excluding hydrogens is 236 g/mol. The number of amides is 1. The smallest absolute Gasteiger partial charge is 0.337 e. The predicted octanol–water partition coefficient (Wildman–Crippen LogP) is 0.385. The van der Waals surface area contributed by atoms with Gasteiger partial charge in [-0.05, 0) is 24.3 Å². The normalized spacial score (nSPS) is 11.7. The van der Waals surface area contributed by atoms with Crippen LogP contribution in [0, 0.1) is 0 Å². The molecule has 18 heavy (non-hydrogen) atoms. The Morgan fingerprint density at radius 3 is 2.39 bits per heavy atom. The number of carbonyl (C=O) groups excluding carboxylic acids is 2. The second-order valence-corrected chi connectivity index (χ2v) is 3.62. The van der Waals surface area contributed by atoms with Gasteiger partial charge in [0.25, 0.3) is 0 Å². The lowest BCUT2D eigenvalue weighted by Crippen LogP contribution is -2.39. The topological polar surface area (TPSA) is 90.6 Å². The molecule has 6 heteroatoms. The average Bonchev–Trinajstić information content (AvgIpc) is 2.39. The van der Waals surface area contributed by atoms with Gasteiger partial charge in [-0.25, -0.2) is 4.79 Å². The van der Waals surface area contributed by atoms with E-state index in [0.717, 1.165) is 0 Å². The number of rotatable bonds is 5. The Bertz CT molecular complexity index is 417. The van der Waals surface area contributed by atoms with Crippen molar-refractivity contribution in [1.82, 2.24) is 0 Å². The molecule has 0 heterocycles. The van der Waals surface area contributed by atoms with Gasteiger partial charge in [0.05, 0.1) is 19.3 Å². The maximum absolute atomic E-state index is 11.6. The molecule has 98 valence electrons. The molecule has 3 N–H and O–H groups in total.